The van der Waals surface area contributed by atoms with Crippen LogP contribution in [0.5, 0.6) is 0 Å². The summed E-state index contributed by atoms with van der Waals surface area (Å²) in [4.78, 5) is 23.0. The number of aromatic amines is 1. The number of hydrogen-bond acceptors (Lipinski definition) is 5. The molecule has 2 heterocycles. The van der Waals surface area contributed by atoms with Crippen molar-refractivity contribution < 1.29 is 17.6 Å². The first-order chi connectivity index (χ1) is 18.0. The molecule has 38 heavy (non-hydrogen) atoms. The molecule has 1 saturated heterocycles. The third-order valence-corrected chi connectivity index (χ3v) is 8.97. The van der Waals surface area contributed by atoms with Crippen molar-refractivity contribution in [3.05, 3.63) is 53.9 Å². The highest BCUT2D eigenvalue weighted by atomic mass is 32.2. The van der Waals surface area contributed by atoms with Gasteiger partial charge in [-0.15, -0.1) is 0 Å². The lowest BCUT2D eigenvalue weighted by Gasteiger charge is -2.37. The van der Waals surface area contributed by atoms with E-state index in [4.69, 9.17) is 0 Å². The van der Waals surface area contributed by atoms with Gasteiger partial charge in [-0.2, -0.15) is 0 Å². The van der Waals surface area contributed by atoms with Crippen molar-refractivity contribution in [2.75, 3.05) is 12.3 Å². The summed E-state index contributed by atoms with van der Waals surface area (Å²) in [6.45, 7) is 10.8. The van der Waals surface area contributed by atoms with Crippen molar-refractivity contribution >= 4 is 15.9 Å². The monoisotopic (exact) mass is 545 g/mol. The summed E-state index contributed by atoms with van der Waals surface area (Å²) in [5.74, 6) is 0.121. The molecule has 3 N–H and O–H groups in total. The van der Waals surface area contributed by atoms with Crippen molar-refractivity contribution in [2.24, 2.45) is 5.92 Å². The molecule has 1 aromatic heterocycles. The fourth-order valence-electron chi connectivity index (χ4n) is 5.03. The first-order valence-corrected chi connectivity index (χ1v) is 15.2. The minimum atomic E-state index is -3.65. The molecule has 0 unspecified atom stereocenters. The maximum absolute atomic E-state index is 14.4. The quantitative estimate of drug-likeness (QED) is 0.362. The second-order valence-corrected chi connectivity index (χ2v) is 12.8. The summed E-state index contributed by atoms with van der Waals surface area (Å²) in [7, 11) is -3.65. The highest BCUT2D eigenvalue weighted by Crippen LogP contribution is 2.32. The number of carbonyl (C=O) groups is 1. The lowest BCUT2D eigenvalue weighted by atomic mass is 10.0. The normalized spacial score (nSPS) is 19.7. The topological polar surface area (TPSA) is 107 Å². The molecule has 8 nitrogen and oxygen atoms in total. The molecule has 3 atom stereocenters. The molecule has 1 aliphatic heterocycles. The number of nitrogens with zero attached hydrogens (tertiary/aromatic N) is 2. The number of aryl methyl sites for hydroxylation is 1. The minimum Gasteiger partial charge on any atom is -0.373 e. The molecular weight excluding hydrogens is 505 g/mol. The Hall–Kier alpha value is -2.72. The van der Waals surface area contributed by atoms with Gasteiger partial charge in [-0.25, -0.2) is 22.5 Å². The SMILES string of the molecule is C=C(C[C@H](NS(=O)(=O)CCC1CC1)C(=O)N[C@@H](C)c1ncc(-c2ccc(C)cc2F)[nH]1)N1CCCC[C@@H]1C. The van der Waals surface area contributed by atoms with E-state index >= 15 is 0 Å². The molecule has 0 bridgehead atoms. The Morgan fingerprint density at radius 1 is 1.29 bits per heavy atom. The molecule has 2 fully saturated rings. The fraction of sp³-hybridized carbons (Fsp3) is 0.571. The molecule has 1 saturated carbocycles. The Balaban J connectivity index is 1.46. The van der Waals surface area contributed by atoms with Gasteiger partial charge in [0.2, 0.25) is 15.9 Å². The van der Waals surface area contributed by atoms with Crippen molar-refractivity contribution in [1.29, 1.82) is 0 Å². The summed E-state index contributed by atoms with van der Waals surface area (Å²) in [5, 5.41) is 2.89. The Morgan fingerprint density at radius 2 is 2.05 bits per heavy atom. The number of nitrogens with one attached hydrogen (secondary N) is 3. The van der Waals surface area contributed by atoms with Crippen LogP contribution in [0.25, 0.3) is 11.3 Å². The van der Waals surface area contributed by atoms with Gasteiger partial charge in [0, 0.05) is 30.3 Å². The number of H-pyrrole nitrogens is 1. The number of rotatable bonds is 12. The van der Waals surface area contributed by atoms with E-state index in [2.05, 4.69) is 38.4 Å². The number of sulfonamides is 1. The molecule has 2 aromatic rings. The average Bonchev–Trinajstić information content (AvgIpc) is 3.57. The summed E-state index contributed by atoms with van der Waals surface area (Å²) in [6.07, 6.45) is 7.70. The fourth-order valence-corrected chi connectivity index (χ4v) is 6.41. The number of carbonyl (C=O) groups excluding carboxylic acids is 1. The van der Waals surface area contributed by atoms with Crippen LogP contribution >= 0.6 is 0 Å². The Bertz CT molecular complexity index is 1260. The minimum absolute atomic E-state index is 0.00719. The zero-order valence-electron chi connectivity index (χ0n) is 22.6. The van der Waals surface area contributed by atoms with Crippen LogP contribution in [0.1, 0.15) is 76.2 Å². The largest absolute Gasteiger partial charge is 0.373 e. The van der Waals surface area contributed by atoms with Crippen LogP contribution in [-0.4, -0.2) is 53.6 Å². The third-order valence-electron chi connectivity index (χ3n) is 7.56. The number of likely N-dealkylation sites (tertiary alicyclic amines) is 1. The van der Waals surface area contributed by atoms with Crippen molar-refractivity contribution in [1.82, 2.24) is 24.9 Å². The molecule has 1 amide bonds. The van der Waals surface area contributed by atoms with Crippen molar-refractivity contribution in [3.63, 3.8) is 0 Å². The summed E-state index contributed by atoms with van der Waals surface area (Å²) >= 11 is 0. The molecule has 208 valence electrons. The number of hydrogen-bond donors (Lipinski definition) is 3. The number of benzene rings is 1. The number of piperidine rings is 1. The van der Waals surface area contributed by atoms with Gasteiger partial charge < -0.3 is 15.2 Å². The van der Waals surface area contributed by atoms with Gasteiger partial charge >= 0.3 is 0 Å². The highest BCUT2D eigenvalue weighted by molar-refractivity contribution is 7.89. The second-order valence-electron chi connectivity index (χ2n) is 10.9. The van der Waals surface area contributed by atoms with Gasteiger partial charge in [-0.05, 0) is 70.1 Å². The van der Waals surface area contributed by atoms with Gasteiger partial charge in [0.1, 0.15) is 17.7 Å². The van der Waals surface area contributed by atoms with Gasteiger partial charge in [0.05, 0.1) is 23.7 Å². The molecule has 0 spiro atoms. The Labute approximate surface area is 225 Å². The average molecular weight is 546 g/mol. The Kier molecular flexibility index (Phi) is 8.92. The zero-order chi connectivity index (χ0) is 27.4. The van der Waals surface area contributed by atoms with E-state index in [-0.39, 0.29) is 18.0 Å². The first kappa shape index (κ1) is 28.3. The van der Waals surface area contributed by atoms with Crippen molar-refractivity contribution in [2.45, 2.75) is 83.8 Å². The molecule has 2 aliphatic rings. The zero-order valence-corrected chi connectivity index (χ0v) is 23.4. The summed E-state index contributed by atoms with van der Waals surface area (Å²) < 4.78 is 42.9. The standard InChI is InChI=1S/C28H40FN5O3S/c1-18-8-11-23(24(29)15-18)26-17-30-27(32-26)21(4)31-28(35)25(33-38(36,37)14-12-22-9-10-22)16-20(3)34-13-6-5-7-19(34)2/h8,11,15,17,19,21-22,25,33H,3,5-7,9-10,12-14,16H2,1-2,4H3,(H,30,32)(H,31,35)/t19-,21-,25-/m0/s1. The van der Waals surface area contributed by atoms with E-state index < -0.39 is 28.0 Å². The number of imidazole rings is 1. The van der Waals surface area contributed by atoms with E-state index in [9.17, 15) is 17.6 Å². The van der Waals surface area contributed by atoms with E-state index in [0.717, 1.165) is 49.9 Å². The Morgan fingerprint density at radius 3 is 2.74 bits per heavy atom. The van der Waals surface area contributed by atoms with Crippen LogP contribution in [0.2, 0.25) is 0 Å². The van der Waals surface area contributed by atoms with Gasteiger partial charge in [-0.1, -0.05) is 25.5 Å². The third kappa shape index (κ3) is 7.44. The molecule has 1 aromatic carbocycles. The van der Waals surface area contributed by atoms with Crippen LogP contribution in [0.3, 0.4) is 0 Å². The van der Waals surface area contributed by atoms with Crippen LogP contribution < -0.4 is 10.0 Å². The summed E-state index contributed by atoms with van der Waals surface area (Å²) in [6, 6.07) is 3.72. The van der Waals surface area contributed by atoms with E-state index in [1.165, 1.54) is 12.3 Å². The maximum Gasteiger partial charge on any atom is 0.239 e. The predicted octanol–water partition coefficient (Wildman–Crippen LogP) is 4.57. The molecule has 0 radical (unpaired) electrons. The van der Waals surface area contributed by atoms with Crippen LogP contribution in [0.15, 0.2) is 36.7 Å². The molecular formula is C28H40FN5O3S. The summed E-state index contributed by atoms with van der Waals surface area (Å²) in [5.41, 5.74) is 2.47. The van der Waals surface area contributed by atoms with Gasteiger partial charge in [0.25, 0.3) is 0 Å². The maximum atomic E-state index is 14.4. The van der Waals surface area contributed by atoms with Crippen LogP contribution in [0.4, 0.5) is 4.39 Å². The van der Waals surface area contributed by atoms with E-state index in [1.54, 1.807) is 13.0 Å². The molecule has 10 heteroatoms. The number of halogens is 1. The van der Waals surface area contributed by atoms with Crippen LogP contribution in [0, 0.1) is 18.7 Å². The molecule has 1 aliphatic carbocycles. The second kappa shape index (κ2) is 12.0. The predicted molar refractivity (Wildman–Crippen MR) is 147 cm³/mol. The smallest absolute Gasteiger partial charge is 0.239 e. The van der Waals surface area contributed by atoms with E-state index in [0.29, 0.717) is 35.5 Å². The number of aromatic nitrogens is 2. The van der Waals surface area contributed by atoms with Gasteiger partial charge in [0.15, 0.2) is 0 Å². The van der Waals surface area contributed by atoms with Crippen molar-refractivity contribution in [3.8, 4) is 11.3 Å². The highest BCUT2D eigenvalue weighted by Gasteiger charge is 2.31. The first-order valence-electron chi connectivity index (χ1n) is 13.6. The molecule has 4 rings (SSSR count). The van der Waals surface area contributed by atoms with Gasteiger partial charge in [-0.3, -0.25) is 4.79 Å². The van der Waals surface area contributed by atoms with Crippen LogP contribution in [-0.2, 0) is 14.8 Å². The number of amides is 1. The lowest BCUT2D eigenvalue weighted by Crippen LogP contribution is -2.49. The lowest BCUT2D eigenvalue weighted by molar-refractivity contribution is -0.123. The van der Waals surface area contributed by atoms with E-state index in [1.807, 2.05) is 13.0 Å².